The standard InChI is InChI=1S/C11H17N3O4S/c1-8(12-2)9-4-6-10(7-5-9)13-19(16,17)14-11(15)18-3/h4-8,12-13H,1-3H3,(H,14,15). The monoisotopic (exact) mass is 287 g/mol. The second-order valence-corrected chi connectivity index (χ2v) is 5.25. The zero-order valence-corrected chi connectivity index (χ0v) is 11.7. The van der Waals surface area contributed by atoms with Crippen molar-refractivity contribution in [3.05, 3.63) is 29.8 Å². The smallest absolute Gasteiger partial charge is 0.422 e. The summed E-state index contributed by atoms with van der Waals surface area (Å²) in [5.41, 5.74) is 1.37. The average Bonchev–Trinajstić information content (AvgIpc) is 2.37. The van der Waals surface area contributed by atoms with Crippen LogP contribution in [0.4, 0.5) is 10.5 Å². The summed E-state index contributed by atoms with van der Waals surface area (Å²) in [7, 11) is -1.06. The Morgan fingerprint density at radius 2 is 1.84 bits per heavy atom. The van der Waals surface area contributed by atoms with Crippen LogP contribution >= 0.6 is 0 Å². The van der Waals surface area contributed by atoms with Crippen LogP contribution in [0, 0.1) is 0 Å². The minimum atomic E-state index is -3.97. The minimum Gasteiger partial charge on any atom is -0.452 e. The van der Waals surface area contributed by atoms with Gasteiger partial charge in [0.1, 0.15) is 0 Å². The fourth-order valence-corrected chi connectivity index (χ4v) is 2.14. The molecule has 0 saturated heterocycles. The number of carbonyl (C=O) groups excluding carboxylic acids is 1. The molecule has 1 aromatic rings. The molecular weight excluding hydrogens is 270 g/mol. The average molecular weight is 287 g/mol. The van der Waals surface area contributed by atoms with Crippen LogP contribution in [-0.2, 0) is 14.9 Å². The van der Waals surface area contributed by atoms with Gasteiger partial charge in [0.05, 0.1) is 12.8 Å². The highest BCUT2D eigenvalue weighted by Gasteiger charge is 2.14. The first-order chi connectivity index (χ1) is 8.88. The van der Waals surface area contributed by atoms with Gasteiger partial charge in [0.25, 0.3) is 0 Å². The van der Waals surface area contributed by atoms with Crippen molar-refractivity contribution in [2.24, 2.45) is 0 Å². The predicted octanol–water partition coefficient (Wildman–Crippen LogP) is 0.980. The molecule has 1 amide bonds. The van der Waals surface area contributed by atoms with Crippen LogP contribution in [0.5, 0.6) is 0 Å². The van der Waals surface area contributed by atoms with Gasteiger partial charge >= 0.3 is 16.3 Å². The lowest BCUT2D eigenvalue weighted by molar-refractivity contribution is 0.177. The Morgan fingerprint density at radius 3 is 2.32 bits per heavy atom. The number of benzene rings is 1. The summed E-state index contributed by atoms with van der Waals surface area (Å²) < 4.78 is 31.1. The molecule has 1 rings (SSSR count). The van der Waals surface area contributed by atoms with Crippen molar-refractivity contribution in [3.63, 3.8) is 0 Å². The Kier molecular flexibility index (Phi) is 5.13. The van der Waals surface area contributed by atoms with Crippen molar-refractivity contribution in [1.29, 1.82) is 0 Å². The quantitative estimate of drug-likeness (QED) is 0.750. The molecule has 1 aromatic carbocycles. The van der Waals surface area contributed by atoms with E-state index >= 15 is 0 Å². The van der Waals surface area contributed by atoms with E-state index in [0.717, 1.165) is 12.7 Å². The molecule has 0 heterocycles. The SMILES string of the molecule is CNC(C)c1ccc(NS(=O)(=O)NC(=O)OC)cc1. The van der Waals surface area contributed by atoms with Crippen molar-refractivity contribution < 1.29 is 17.9 Å². The van der Waals surface area contributed by atoms with E-state index in [-0.39, 0.29) is 6.04 Å². The number of methoxy groups -OCH3 is 1. The zero-order chi connectivity index (χ0) is 14.5. The van der Waals surface area contributed by atoms with Crippen molar-refractivity contribution in [2.75, 3.05) is 18.9 Å². The van der Waals surface area contributed by atoms with Crippen LogP contribution in [0.1, 0.15) is 18.5 Å². The molecule has 7 nitrogen and oxygen atoms in total. The van der Waals surface area contributed by atoms with Crippen LogP contribution in [0.2, 0.25) is 0 Å². The lowest BCUT2D eigenvalue weighted by atomic mass is 10.1. The summed E-state index contributed by atoms with van der Waals surface area (Å²) in [5.74, 6) is 0. The molecular formula is C11H17N3O4S. The van der Waals surface area contributed by atoms with Crippen molar-refractivity contribution in [2.45, 2.75) is 13.0 Å². The number of ether oxygens (including phenoxy) is 1. The van der Waals surface area contributed by atoms with E-state index < -0.39 is 16.3 Å². The predicted molar refractivity (Wildman–Crippen MR) is 72.0 cm³/mol. The Bertz CT molecular complexity index is 527. The van der Waals surface area contributed by atoms with Crippen LogP contribution in [-0.4, -0.2) is 28.7 Å². The Labute approximate surface area is 112 Å². The summed E-state index contributed by atoms with van der Waals surface area (Å²) in [6, 6.07) is 6.96. The Morgan fingerprint density at radius 1 is 1.26 bits per heavy atom. The molecule has 0 aliphatic heterocycles. The van der Waals surface area contributed by atoms with E-state index in [4.69, 9.17) is 0 Å². The highest BCUT2D eigenvalue weighted by atomic mass is 32.2. The molecule has 0 spiro atoms. The topological polar surface area (TPSA) is 96.5 Å². The van der Waals surface area contributed by atoms with E-state index in [1.54, 1.807) is 29.0 Å². The third-order valence-electron chi connectivity index (χ3n) is 2.50. The molecule has 0 fully saturated rings. The molecule has 106 valence electrons. The van der Waals surface area contributed by atoms with Crippen LogP contribution in [0.3, 0.4) is 0 Å². The molecule has 8 heteroatoms. The summed E-state index contributed by atoms with van der Waals surface area (Å²) in [4.78, 5) is 10.8. The summed E-state index contributed by atoms with van der Waals surface area (Å²) in [6.07, 6.45) is -1.05. The van der Waals surface area contributed by atoms with E-state index in [1.807, 2.05) is 14.0 Å². The van der Waals surface area contributed by atoms with E-state index in [0.29, 0.717) is 5.69 Å². The molecule has 0 radical (unpaired) electrons. The van der Waals surface area contributed by atoms with Gasteiger partial charge < -0.3 is 10.1 Å². The zero-order valence-electron chi connectivity index (χ0n) is 10.9. The molecule has 0 aromatic heterocycles. The molecule has 0 saturated carbocycles. The van der Waals surface area contributed by atoms with Gasteiger partial charge in [-0.25, -0.2) is 9.52 Å². The van der Waals surface area contributed by atoms with Crippen LogP contribution in [0.25, 0.3) is 0 Å². The lowest BCUT2D eigenvalue weighted by Crippen LogP contribution is -2.35. The van der Waals surface area contributed by atoms with Gasteiger partial charge in [0.15, 0.2) is 0 Å². The number of nitrogens with one attached hydrogen (secondary N) is 3. The first-order valence-corrected chi connectivity index (χ1v) is 7.02. The molecule has 0 bridgehead atoms. The first-order valence-electron chi connectivity index (χ1n) is 5.53. The molecule has 19 heavy (non-hydrogen) atoms. The summed E-state index contributed by atoms with van der Waals surface area (Å²) >= 11 is 0. The molecule has 3 N–H and O–H groups in total. The minimum absolute atomic E-state index is 0.166. The second-order valence-electron chi connectivity index (χ2n) is 3.83. The number of anilines is 1. The van der Waals surface area contributed by atoms with Crippen molar-refractivity contribution >= 4 is 22.0 Å². The maximum Gasteiger partial charge on any atom is 0.422 e. The van der Waals surface area contributed by atoms with Gasteiger partial charge in [-0.3, -0.25) is 4.72 Å². The number of hydrogen-bond acceptors (Lipinski definition) is 5. The summed E-state index contributed by atoms with van der Waals surface area (Å²) in [6.45, 7) is 1.98. The van der Waals surface area contributed by atoms with Gasteiger partial charge in [-0.1, -0.05) is 12.1 Å². The van der Waals surface area contributed by atoms with Gasteiger partial charge in [-0.05, 0) is 31.7 Å². The largest absolute Gasteiger partial charge is 0.452 e. The normalized spacial score (nSPS) is 12.6. The fourth-order valence-electron chi connectivity index (χ4n) is 1.34. The van der Waals surface area contributed by atoms with E-state index in [2.05, 4.69) is 14.8 Å². The van der Waals surface area contributed by atoms with Gasteiger partial charge in [-0.15, -0.1) is 0 Å². The highest BCUT2D eigenvalue weighted by molar-refractivity contribution is 7.91. The summed E-state index contributed by atoms with van der Waals surface area (Å²) in [5, 5.41) is 3.07. The Balaban J connectivity index is 2.75. The number of amides is 1. The van der Waals surface area contributed by atoms with Crippen molar-refractivity contribution in [3.8, 4) is 0 Å². The third kappa shape index (κ3) is 4.76. The van der Waals surface area contributed by atoms with Gasteiger partial charge in [-0.2, -0.15) is 8.42 Å². The molecule has 0 aliphatic carbocycles. The number of hydrogen-bond donors (Lipinski definition) is 3. The fraction of sp³-hybridized carbons (Fsp3) is 0.364. The van der Waals surface area contributed by atoms with Gasteiger partial charge in [0, 0.05) is 6.04 Å². The lowest BCUT2D eigenvalue weighted by Gasteiger charge is -2.12. The number of rotatable bonds is 5. The van der Waals surface area contributed by atoms with Crippen molar-refractivity contribution in [1.82, 2.24) is 10.0 Å². The van der Waals surface area contributed by atoms with E-state index in [1.165, 1.54) is 0 Å². The molecule has 1 atom stereocenters. The maximum absolute atomic E-state index is 11.5. The first kappa shape index (κ1) is 15.3. The van der Waals surface area contributed by atoms with Crippen LogP contribution in [0.15, 0.2) is 24.3 Å². The Hall–Kier alpha value is -1.80. The van der Waals surface area contributed by atoms with E-state index in [9.17, 15) is 13.2 Å². The van der Waals surface area contributed by atoms with Crippen LogP contribution < -0.4 is 14.8 Å². The molecule has 1 unspecified atom stereocenters. The van der Waals surface area contributed by atoms with Gasteiger partial charge in [0.2, 0.25) is 0 Å². The number of carbonyl (C=O) groups is 1. The third-order valence-corrected chi connectivity index (χ3v) is 3.44. The molecule has 0 aliphatic rings. The maximum atomic E-state index is 11.5. The highest BCUT2D eigenvalue weighted by Crippen LogP contribution is 2.16. The second kappa shape index (κ2) is 6.39.